The van der Waals surface area contributed by atoms with Gasteiger partial charge in [0.15, 0.2) is 18.2 Å². The molecule has 3 rings (SSSR count). The van der Waals surface area contributed by atoms with E-state index in [0.717, 1.165) is 5.56 Å². The Bertz CT molecular complexity index is 529. The van der Waals surface area contributed by atoms with E-state index in [9.17, 15) is 15.0 Å². The molecular weight excluding hydrogens is 275 g/mol. The maximum absolute atomic E-state index is 11.1. The Labute approximate surface area is 137 Å². The molecule has 2 N–H and O–H groups in total. The monoisotopic (exact) mass is 287 g/mol. The molecule has 0 aliphatic carbocycles. The van der Waals surface area contributed by atoms with Crippen LogP contribution >= 0.6 is 0 Å². The second-order valence-electron chi connectivity index (χ2n) is 4.31. The fourth-order valence-electron chi connectivity index (χ4n) is 2.08. The molecule has 2 aliphatic heterocycles. The molecule has 6 nitrogen and oxygen atoms in total. The molecule has 1 fully saturated rings. The average molecular weight is 287 g/mol. The van der Waals surface area contributed by atoms with Crippen LogP contribution in [-0.2, 0) is 19.0 Å². The minimum Gasteiger partial charge on any atom is -0.505 e. The van der Waals surface area contributed by atoms with Crippen LogP contribution < -0.4 is 0 Å². The van der Waals surface area contributed by atoms with E-state index in [-0.39, 0.29) is 36.2 Å². The van der Waals surface area contributed by atoms with Crippen molar-refractivity contribution in [2.45, 2.75) is 18.5 Å². The summed E-state index contributed by atoms with van der Waals surface area (Å²) < 4.78 is 15.9. The summed E-state index contributed by atoms with van der Waals surface area (Å²) in [5.41, 5.74) is 0.835. The third kappa shape index (κ3) is 2.70. The Kier molecular flexibility index (Phi) is 4.72. The van der Waals surface area contributed by atoms with E-state index in [1.807, 2.05) is 30.3 Å². The number of benzene rings is 1. The molecule has 7 heteroatoms. The Hall–Kier alpha value is -1.05. The van der Waals surface area contributed by atoms with Gasteiger partial charge in [-0.05, 0) is 0 Å². The standard InChI is InChI=1S/C13H12O6.Na/c14-9-10(15)12(16)19-11(9)8-6-17-13(18-8)7-4-2-1-3-5-7;/h1-5,8,11,13-15H,6H2;. The maximum atomic E-state index is 11.1. The molecule has 101 valence electrons. The Morgan fingerprint density at radius 1 is 1.15 bits per heavy atom. The number of carbonyl (C=O) groups is 1. The molecule has 1 aromatic rings. The van der Waals surface area contributed by atoms with E-state index in [1.165, 1.54) is 0 Å². The zero-order valence-corrected chi connectivity index (χ0v) is 12.9. The van der Waals surface area contributed by atoms with Gasteiger partial charge in [-0.3, -0.25) is 0 Å². The van der Waals surface area contributed by atoms with Gasteiger partial charge in [0.1, 0.15) is 6.10 Å². The van der Waals surface area contributed by atoms with Crippen LogP contribution in [0.4, 0.5) is 0 Å². The molecule has 20 heavy (non-hydrogen) atoms. The number of ether oxygens (including phenoxy) is 3. The number of aliphatic hydroxyl groups is 2. The van der Waals surface area contributed by atoms with Gasteiger partial charge in [-0.15, -0.1) is 0 Å². The van der Waals surface area contributed by atoms with Crippen molar-refractivity contribution in [2.75, 3.05) is 6.61 Å². The molecular formula is C13H12NaO6. The minimum atomic E-state index is -1.01. The number of aliphatic hydroxyl groups excluding tert-OH is 2. The van der Waals surface area contributed by atoms with E-state index < -0.39 is 36.0 Å². The maximum Gasteiger partial charge on any atom is 0.377 e. The molecule has 1 saturated heterocycles. The first-order valence-corrected chi connectivity index (χ1v) is 5.82. The average Bonchev–Trinajstić information content (AvgIpc) is 3.01. The molecule has 0 amide bonds. The molecule has 1 radical (unpaired) electrons. The van der Waals surface area contributed by atoms with Crippen molar-refractivity contribution in [3.05, 3.63) is 47.4 Å². The van der Waals surface area contributed by atoms with Gasteiger partial charge in [0.2, 0.25) is 5.76 Å². The predicted octanol–water partition coefficient (Wildman–Crippen LogP) is 0.973. The van der Waals surface area contributed by atoms with Crippen LogP contribution in [0.5, 0.6) is 0 Å². The summed E-state index contributed by atoms with van der Waals surface area (Å²) in [6.07, 6.45) is -2.22. The van der Waals surface area contributed by atoms with Crippen molar-refractivity contribution in [3.63, 3.8) is 0 Å². The SMILES string of the molecule is O=C1OC(C2COC(c3ccccc3)O2)C(O)=C1O.[Na]. The van der Waals surface area contributed by atoms with E-state index in [4.69, 9.17) is 14.2 Å². The van der Waals surface area contributed by atoms with Crippen molar-refractivity contribution in [2.24, 2.45) is 0 Å². The van der Waals surface area contributed by atoms with Crippen LogP contribution in [0.1, 0.15) is 11.9 Å². The van der Waals surface area contributed by atoms with Crippen molar-refractivity contribution in [1.29, 1.82) is 0 Å². The Morgan fingerprint density at radius 2 is 1.85 bits per heavy atom. The largest absolute Gasteiger partial charge is 0.505 e. The van der Waals surface area contributed by atoms with Crippen LogP contribution in [0, 0.1) is 0 Å². The van der Waals surface area contributed by atoms with Crippen LogP contribution in [0.3, 0.4) is 0 Å². The molecule has 0 aromatic heterocycles. The van der Waals surface area contributed by atoms with E-state index >= 15 is 0 Å². The van der Waals surface area contributed by atoms with Crippen LogP contribution in [0.15, 0.2) is 41.9 Å². The smallest absolute Gasteiger partial charge is 0.377 e. The quantitative estimate of drug-likeness (QED) is 0.623. The molecule has 3 unspecified atom stereocenters. The summed E-state index contributed by atoms with van der Waals surface area (Å²) in [4.78, 5) is 11.1. The third-order valence-electron chi connectivity index (χ3n) is 3.06. The Balaban J connectivity index is 0.00000147. The summed E-state index contributed by atoms with van der Waals surface area (Å²) in [6, 6.07) is 9.28. The fourth-order valence-corrected chi connectivity index (χ4v) is 2.08. The predicted molar refractivity (Wildman–Crippen MR) is 67.9 cm³/mol. The zero-order chi connectivity index (χ0) is 13.4. The first kappa shape index (κ1) is 15.3. The van der Waals surface area contributed by atoms with Gasteiger partial charge in [0.05, 0.1) is 6.61 Å². The normalized spacial score (nSPS) is 29.2. The number of hydrogen-bond donors (Lipinski definition) is 2. The number of carbonyl (C=O) groups excluding carboxylic acids is 1. The summed E-state index contributed by atoms with van der Waals surface area (Å²) in [7, 11) is 0. The summed E-state index contributed by atoms with van der Waals surface area (Å²) in [5, 5.41) is 18.8. The first-order chi connectivity index (χ1) is 9.16. The topological polar surface area (TPSA) is 85.2 Å². The van der Waals surface area contributed by atoms with Crippen molar-refractivity contribution < 1.29 is 29.2 Å². The summed E-state index contributed by atoms with van der Waals surface area (Å²) >= 11 is 0. The van der Waals surface area contributed by atoms with Crippen molar-refractivity contribution in [3.8, 4) is 0 Å². The van der Waals surface area contributed by atoms with Crippen LogP contribution in [0.25, 0.3) is 0 Å². The first-order valence-electron chi connectivity index (χ1n) is 5.82. The summed E-state index contributed by atoms with van der Waals surface area (Å²) in [6.45, 7) is 0.162. The van der Waals surface area contributed by atoms with E-state index in [1.54, 1.807) is 0 Å². The molecule has 0 spiro atoms. The van der Waals surface area contributed by atoms with Crippen molar-refractivity contribution in [1.82, 2.24) is 0 Å². The van der Waals surface area contributed by atoms with E-state index in [2.05, 4.69) is 0 Å². The van der Waals surface area contributed by atoms with Gasteiger partial charge in [0, 0.05) is 35.1 Å². The third-order valence-corrected chi connectivity index (χ3v) is 3.06. The van der Waals surface area contributed by atoms with Gasteiger partial charge < -0.3 is 24.4 Å². The van der Waals surface area contributed by atoms with Gasteiger partial charge in [0.25, 0.3) is 0 Å². The second kappa shape index (κ2) is 6.15. The molecule has 0 saturated carbocycles. The van der Waals surface area contributed by atoms with Gasteiger partial charge in [-0.1, -0.05) is 30.3 Å². The van der Waals surface area contributed by atoms with Crippen LogP contribution in [-0.4, -0.2) is 64.6 Å². The van der Waals surface area contributed by atoms with Gasteiger partial charge in [-0.25, -0.2) is 4.79 Å². The molecule has 1 aromatic carbocycles. The number of esters is 1. The molecule has 3 atom stereocenters. The number of rotatable bonds is 2. The molecule has 0 bridgehead atoms. The number of hydrogen-bond acceptors (Lipinski definition) is 6. The van der Waals surface area contributed by atoms with Gasteiger partial charge in [-0.2, -0.15) is 0 Å². The fraction of sp³-hybridized carbons (Fsp3) is 0.308. The summed E-state index contributed by atoms with van der Waals surface area (Å²) in [5.74, 6) is -2.22. The van der Waals surface area contributed by atoms with Crippen molar-refractivity contribution >= 4 is 35.5 Å². The van der Waals surface area contributed by atoms with Crippen LogP contribution in [0.2, 0.25) is 0 Å². The minimum absolute atomic E-state index is 0. The number of cyclic esters (lactones) is 1. The zero-order valence-electron chi connectivity index (χ0n) is 10.9. The second-order valence-corrected chi connectivity index (χ2v) is 4.31. The molecule has 2 aliphatic rings. The Morgan fingerprint density at radius 3 is 2.45 bits per heavy atom. The van der Waals surface area contributed by atoms with Gasteiger partial charge >= 0.3 is 5.97 Å². The van der Waals surface area contributed by atoms with E-state index in [0.29, 0.717) is 0 Å². The molecule has 2 heterocycles.